The van der Waals surface area contributed by atoms with Gasteiger partial charge in [0.2, 0.25) is 0 Å². The standard InChI is InChI=1S/C29H22FN3O3/c1-35-21-12-13-22-26(18-21)31-16-15-27(22)36-28-14-11-20(17-24(28)30)33-29(34)23-9-5-6-10-25(23)32-19-7-3-2-4-8-19/h2-18,32H,1H3,(H,33,34). The molecule has 0 spiro atoms. The maximum absolute atomic E-state index is 14.9. The molecule has 7 heteroatoms. The van der Waals surface area contributed by atoms with E-state index in [2.05, 4.69) is 15.6 Å². The second-order valence-corrected chi connectivity index (χ2v) is 7.93. The summed E-state index contributed by atoms with van der Waals surface area (Å²) in [6.45, 7) is 0. The quantitative estimate of drug-likeness (QED) is 0.259. The van der Waals surface area contributed by atoms with Crippen LogP contribution in [0, 0.1) is 5.82 Å². The Kier molecular flexibility index (Phi) is 6.44. The van der Waals surface area contributed by atoms with Gasteiger partial charge in [0, 0.05) is 35.1 Å². The molecule has 0 unspecified atom stereocenters. The summed E-state index contributed by atoms with van der Waals surface area (Å²) < 4.78 is 26.0. The van der Waals surface area contributed by atoms with Crippen molar-refractivity contribution in [2.24, 2.45) is 0 Å². The van der Waals surface area contributed by atoms with E-state index in [0.29, 0.717) is 34.0 Å². The molecule has 0 fully saturated rings. The number of para-hydroxylation sites is 2. The summed E-state index contributed by atoms with van der Waals surface area (Å²) in [7, 11) is 1.58. The summed E-state index contributed by atoms with van der Waals surface area (Å²) in [5.74, 6) is 0.179. The zero-order chi connectivity index (χ0) is 24.9. The molecule has 1 heterocycles. The van der Waals surface area contributed by atoms with Gasteiger partial charge in [-0.15, -0.1) is 0 Å². The van der Waals surface area contributed by atoms with Crippen molar-refractivity contribution in [2.75, 3.05) is 17.7 Å². The fourth-order valence-corrected chi connectivity index (χ4v) is 3.76. The van der Waals surface area contributed by atoms with E-state index in [4.69, 9.17) is 9.47 Å². The molecular formula is C29H22FN3O3. The number of nitrogens with zero attached hydrogens (tertiary/aromatic N) is 1. The zero-order valence-corrected chi connectivity index (χ0v) is 19.4. The van der Waals surface area contributed by atoms with Crippen LogP contribution in [0.4, 0.5) is 21.5 Å². The lowest BCUT2D eigenvalue weighted by atomic mass is 10.1. The highest BCUT2D eigenvalue weighted by atomic mass is 19.1. The third-order valence-electron chi connectivity index (χ3n) is 5.54. The number of pyridine rings is 1. The van der Waals surface area contributed by atoms with Crippen LogP contribution in [-0.4, -0.2) is 18.0 Å². The summed E-state index contributed by atoms with van der Waals surface area (Å²) in [5.41, 5.74) is 2.90. The van der Waals surface area contributed by atoms with Crippen LogP contribution < -0.4 is 20.1 Å². The molecule has 6 nitrogen and oxygen atoms in total. The van der Waals surface area contributed by atoms with Crippen LogP contribution in [-0.2, 0) is 0 Å². The van der Waals surface area contributed by atoms with Crippen LogP contribution >= 0.6 is 0 Å². The lowest BCUT2D eigenvalue weighted by molar-refractivity contribution is 0.102. The smallest absolute Gasteiger partial charge is 0.257 e. The number of hydrogen-bond donors (Lipinski definition) is 2. The Balaban J connectivity index is 1.34. The average molecular weight is 480 g/mol. The Hall–Kier alpha value is -4.91. The molecule has 0 aliphatic carbocycles. The number of carbonyl (C=O) groups is 1. The molecule has 0 bridgehead atoms. The Labute approximate surface area is 207 Å². The number of halogens is 1. The molecule has 0 radical (unpaired) electrons. The van der Waals surface area contributed by atoms with E-state index >= 15 is 0 Å². The molecule has 1 amide bonds. The van der Waals surface area contributed by atoms with Gasteiger partial charge >= 0.3 is 0 Å². The Bertz CT molecular complexity index is 1540. The highest BCUT2D eigenvalue weighted by Crippen LogP contribution is 2.33. The Morgan fingerprint density at radius 3 is 2.44 bits per heavy atom. The van der Waals surface area contributed by atoms with Gasteiger partial charge in [0.05, 0.1) is 23.9 Å². The van der Waals surface area contributed by atoms with E-state index in [0.717, 1.165) is 11.1 Å². The van der Waals surface area contributed by atoms with Crippen molar-refractivity contribution >= 4 is 33.9 Å². The number of carbonyl (C=O) groups excluding carboxylic acids is 1. The first kappa shape index (κ1) is 22.9. The molecule has 0 atom stereocenters. The van der Waals surface area contributed by atoms with Crippen LogP contribution in [0.1, 0.15) is 10.4 Å². The molecule has 2 N–H and O–H groups in total. The van der Waals surface area contributed by atoms with Crippen molar-refractivity contribution < 1.29 is 18.7 Å². The summed E-state index contributed by atoms with van der Waals surface area (Å²) in [6.07, 6.45) is 1.59. The van der Waals surface area contributed by atoms with Crippen LogP contribution in [0.3, 0.4) is 0 Å². The number of rotatable bonds is 7. The number of ether oxygens (including phenoxy) is 2. The lowest BCUT2D eigenvalue weighted by Crippen LogP contribution is -2.14. The molecule has 0 aliphatic rings. The third kappa shape index (κ3) is 4.95. The third-order valence-corrected chi connectivity index (χ3v) is 5.54. The second-order valence-electron chi connectivity index (χ2n) is 7.93. The minimum absolute atomic E-state index is 0.0301. The van der Waals surface area contributed by atoms with Gasteiger partial charge in [-0.3, -0.25) is 9.78 Å². The van der Waals surface area contributed by atoms with Gasteiger partial charge in [-0.2, -0.15) is 0 Å². The van der Waals surface area contributed by atoms with Crippen molar-refractivity contribution in [1.29, 1.82) is 0 Å². The van der Waals surface area contributed by atoms with E-state index in [1.807, 2.05) is 48.5 Å². The molecule has 4 aromatic carbocycles. The number of aromatic nitrogens is 1. The molecule has 36 heavy (non-hydrogen) atoms. The van der Waals surface area contributed by atoms with E-state index in [9.17, 15) is 9.18 Å². The SMILES string of the molecule is COc1ccc2c(Oc3ccc(NC(=O)c4ccccc4Nc4ccccc4)cc3F)ccnc2c1. The van der Waals surface area contributed by atoms with Gasteiger partial charge in [-0.25, -0.2) is 4.39 Å². The zero-order valence-electron chi connectivity index (χ0n) is 19.4. The predicted octanol–water partition coefficient (Wildman–Crippen LogP) is 7.17. The number of methoxy groups -OCH3 is 1. The van der Waals surface area contributed by atoms with Gasteiger partial charge < -0.3 is 20.1 Å². The van der Waals surface area contributed by atoms with Crippen LogP contribution in [0.15, 0.2) is 103 Å². The molecule has 1 aromatic heterocycles. The number of hydrogen-bond acceptors (Lipinski definition) is 5. The molecule has 178 valence electrons. The Morgan fingerprint density at radius 1 is 0.833 bits per heavy atom. The van der Waals surface area contributed by atoms with Crippen molar-refractivity contribution in [1.82, 2.24) is 4.98 Å². The number of nitrogens with one attached hydrogen (secondary N) is 2. The molecule has 0 aliphatic heterocycles. The normalized spacial score (nSPS) is 10.6. The van der Waals surface area contributed by atoms with E-state index in [1.165, 1.54) is 12.1 Å². The average Bonchev–Trinajstić information content (AvgIpc) is 2.91. The highest BCUT2D eigenvalue weighted by Gasteiger charge is 2.14. The highest BCUT2D eigenvalue weighted by molar-refractivity contribution is 6.08. The Morgan fingerprint density at radius 2 is 1.64 bits per heavy atom. The van der Waals surface area contributed by atoms with Crippen LogP contribution in [0.25, 0.3) is 10.9 Å². The minimum atomic E-state index is -0.609. The first-order valence-corrected chi connectivity index (χ1v) is 11.2. The summed E-state index contributed by atoms with van der Waals surface area (Å²) >= 11 is 0. The monoisotopic (exact) mass is 479 g/mol. The van der Waals surface area contributed by atoms with Crippen molar-refractivity contribution in [3.63, 3.8) is 0 Å². The largest absolute Gasteiger partial charge is 0.497 e. The van der Waals surface area contributed by atoms with Gasteiger partial charge in [0.1, 0.15) is 11.5 Å². The number of benzene rings is 4. The number of amides is 1. The summed E-state index contributed by atoms with van der Waals surface area (Å²) in [6, 6.07) is 28.0. The maximum atomic E-state index is 14.9. The fourth-order valence-electron chi connectivity index (χ4n) is 3.76. The number of fused-ring (bicyclic) bond motifs is 1. The van der Waals surface area contributed by atoms with Crippen LogP contribution in [0.5, 0.6) is 17.2 Å². The first-order chi connectivity index (χ1) is 17.6. The van der Waals surface area contributed by atoms with Crippen molar-refractivity contribution in [3.05, 3.63) is 115 Å². The maximum Gasteiger partial charge on any atom is 0.257 e. The molecule has 0 saturated carbocycles. The number of anilines is 3. The summed E-state index contributed by atoms with van der Waals surface area (Å²) in [5, 5.41) is 6.72. The lowest BCUT2D eigenvalue weighted by Gasteiger charge is -2.13. The fraction of sp³-hybridized carbons (Fsp3) is 0.0345. The van der Waals surface area contributed by atoms with Crippen molar-refractivity contribution in [3.8, 4) is 17.2 Å². The van der Waals surface area contributed by atoms with Gasteiger partial charge in [-0.05, 0) is 54.6 Å². The van der Waals surface area contributed by atoms with Gasteiger partial charge in [0.25, 0.3) is 5.91 Å². The van der Waals surface area contributed by atoms with E-state index in [1.54, 1.807) is 49.7 Å². The summed E-state index contributed by atoms with van der Waals surface area (Å²) in [4.78, 5) is 17.3. The topological polar surface area (TPSA) is 72.5 Å². The van der Waals surface area contributed by atoms with Gasteiger partial charge in [-0.1, -0.05) is 30.3 Å². The van der Waals surface area contributed by atoms with Crippen LogP contribution in [0.2, 0.25) is 0 Å². The molecular weight excluding hydrogens is 457 g/mol. The first-order valence-electron chi connectivity index (χ1n) is 11.2. The molecule has 5 rings (SSSR count). The molecule has 5 aromatic rings. The van der Waals surface area contributed by atoms with Gasteiger partial charge in [0.15, 0.2) is 11.6 Å². The molecule has 0 saturated heterocycles. The van der Waals surface area contributed by atoms with E-state index in [-0.39, 0.29) is 11.7 Å². The predicted molar refractivity (Wildman–Crippen MR) is 139 cm³/mol. The second kappa shape index (κ2) is 10.1. The van der Waals surface area contributed by atoms with Crippen molar-refractivity contribution in [2.45, 2.75) is 0 Å². The minimum Gasteiger partial charge on any atom is -0.497 e. The van der Waals surface area contributed by atoms with E-state index < -0.39 is 5.82 Å².